The van der Waals surface area contributed by atoms with Crippen molar-refractivity contribution in [3.63, 3.8) is 0 Å². The van der Waals surface area contributed by atoms with Crippen LogP contribution in [0.2, 0.25) is 0 Å². The number of hydrogen-bond acceptors (Lipinski definition) is 9. The van der Waals surface area contributed by atoms with E-state index in [1.54, 1.807) is 41.9 Å². The van der Waals surface area contributed by atoms with Crippen molar-refractivity contribution >= 4 is 47.3 Å². The summed E-state index contributed by atoms with van der Waals surface area (Å²) in [4.78, 5) is 22.9. The molecule has 0 saturated carbocycles. The Bertz CT molecular complexity index is 656. The van der Waals surface area contributed by atoms with E-state index in [0.717, 1.165) is 13.1 Å². The minimum Gasteiger partial charge on any atom is -0.468 e. The first kappa shape index (κ1) is 26.9. The van der Waals surface area contributed by atoms with E-state index in [4.69, 9.17) is 6.58 Å². The number of methoxy groups -OCH3 is 1. The Morgan fingerprint density at radius 2 is 1.96 bits per heavy atom. The van der Waals surface area contributed by atoms with E-state index in [0.29, 0.717) is 11.3 Å². The smallest absolute Gasteiger partial charge is 0.468 e. The Balaban J connectivity index is 0.000000614. The molecule has 2 rings (SSSR count). The predicted octanol–water partition coefficient (Wildman–Crippen LogP) is 2.93. The predicted molar refractivity (Wildman–Crippen MR) is 112 cm³/mol. The van der Waals surface area contributed by atoms with Gasteiger partial charge in [0.15, 0.2) is 0 Å². The number of rotatable bonds is 7. The van der Waals surface area contributed by atoms with Gasteiger partial charge in [0.05, 0.1) is 12.0 Å². The minimum atomic E-state index is -0.503. The number of carbonyl (C=O) groups is 1. The fourth-order valence-corrected chi connectivity index (χ4v) is 3.22. The molecular formula is C17H24N4O4RuS2. The summed E-state index contributed by atoms with van der Waals surface area (Å²) in [6, 6.07) is 4.25. The second-order valence-electron chi connectivity index (χ2n) is 5.36. The number of non-ortho nitro benzene ring substituents is 1. The number of likely N-dealkylation sites (N-methyl/N-ethyl adjacent to an activating group) is 1. The molecule has 1 aliphatic heterocycles. The Hall–Kier alpha value is -1.13. The third-order valence-corrected chi connectivity index (χ3v) is 5.17. The Labute approximate surface area is 187 Å². The van der Waals surface area contributed by atoms with Crippen molar-refractivity contribution in [3.8, 4) is 0 Å². The maximum Gasteiger partial charge on any atom is 2.00 e. The van der Waals surface area contributed by atoms with Gasteiger partial charge in [-0.2, -0.15) is 6.67 Å². The minimum absolute atomic E-state index is 0. The average Bonchev–Trinajstić information content (AvgIpc) is 3.16. The number of carbonyl (C=O) groups excluding carboxylic acids is 1. The number of nitro groups is 1. The summed E-state index contributed by atoms with van der Waals surface area (Å²) in [7, 11) is 2.97. The van der Waals surface area contributed by atoms with E-state index in [9.17, 15) is 14.9 Å². The maximum atomic E-state index is 11.2. The van der Waals surface area contributed by atoms with E-state index >= 15 is 0 Å². The molecule has 156 valence electrons. The van der Waals surface area contributed by atoms with Crippen molar-refractivity contribution in [1.82, 2.24) is 8.61 Å². The number of hydrogen-bond donors (Lipinski definition) is 0. The molecule has 28 heavy (non-hydrogen) atoms. The molecule has 0 unspecified atom stereocenters. The molecule has 0 N–H and O–H groups in total. The van der Waals surface area contributed by atoms with Crippen LogP contribution in [0.4, 0.5) is 11.4 Å². The number of ether oxygens (including phenoxy) is 1. The van der Waals surface area contributed by atoms with Crippen molar-refractivity contribution in [1.29, 1.82) is 0 Å². The van der Waals surface area contributed by atoms with E-state index in [1.807, 2.05) is 0 Å². The fourth-order valence-electron chi connectivity index (χ4n) is 2.21. The van der Waals surface area contributed by atoms with Crippen LogP contribution in [-0.2, 0) is 29.0 Å². The summed E-state index contributed by atoms with van der Waals surface area (Å²) in [6.07, 6.45) is 5.46. The number of esters is 1. The monoisotopic (exact) mass is 514 g/mol. The van der Waals surface area contributed by atoms with Gasteiger partial charge in [-0.1, -0.05) is 6.07 Å². The molecule has 1 heterocycles. The van der Waals surface area contributed by atoms with Gasteiger partial charge in [0.2, 0.25) is 0 Å². The fraction of sp³-hybridized carbons (Fsp3) is 0.412. The van der Waals surface area contributed by atoms with E-state index in [1.165, 1.54) is 25.3 Å². The normalized spacial score (nSPS) is 13.7. The Morgan fingerprint density at radius 1 is 1.39 bits per heavy atom. The second kappa shape index (κ2) is 14.0. The van der Waals surface area contributed by atoms with Gasteiger partial charge in [0.25, 0.3) is 5.69 Å². The van der Waals surface area contributed by atoms with Crippen LogP contribution in [-0.4, -0.2) is 65.8 Å². The standard InChI is InChI=1S/C12H13N2O4.C5H11N2S2.Ru/c1-4-9-7-10(14(16)17)5-6-11(9)13(2)8-12(15)18-3;1-8-6-3-4-7(5-6)9-2;/h1,4-7H,8H2,2-3H3;5H,3-4H2,1-2H3;/q2*-1;+2. The first-order chi connectivity index (χ1) is 12.9. The van der Waals surface area contributed by atoms with Crippen molar-refractivity contribution in [2.24, 2.45) is 0 Å². The molecule has 0 amide bonds. The van der Waals surface area contributed by atoms with Crippen LogP contribution < -0.4 is 4.90 Å². The summed E-state index contributed by atoms with van der Waals surface area (Å²) >= 11 is 3.55. The molecule has 0 radical (unpaired) electrons. The first-order valence-corrected chi connectivity index (χ1v) is 10.3. The Morgan fingerprint density at radius 3 is 2.36 bits per heavy atom. The van der Waals surface area contributed by atoms with Crippen molar-refractivity contribution in [2.75, 3.05) is 51.2 Å². The van der Waals surface area contributed by atoms with Crippen molar-refractivity contribution in [2.45, 2.75) is 0 Å². The molecule has 0 bridgehead atoms. The van der Waals surface area contributed by atoms with Crippen LogP contribution >= 0.6 is 23.9 Å². The van der Waals surface area contributed by atoms with Crippen LogP contribution in [0.25, 0.3) is 6.08 Å². The molecule has 1 aliphatic rings. The molecule has 8 nitrogen and oxygen atoms in total. The van der Waals surface area contributed by atoms with Crippen LogP contribution in [0.15, 0.2) is 18.2 Å². The van der Waals surface area contributed by atoms with Crippen LogP contribution in [0.1, 0.15) is 5.56 Å². The van der Waals surface area contributed by atoms with Gasteiger partial charge in [-0.25, -0.2) is 6.08 Å². The molecule has 0 aromatic heterocycles. The molecule has 0 spiro atoms. The zero-order valence-corrected chi connectivity index (χ0v) is 19.5. The number of anilines is 1. The van der Waals surface area contributed by atoms with Gasteiger partial charge >= 0.3 is 25.4 Å². The van der Waals surface area contributed by atoms with Gasteiger partial charge in [0.1, 0.15) is 6.54 Å². The van der Waals surface area contributed by atoms with Crippen LogP contribution in [0, 0.1) is 23.4 Å². The summed E-state index contributed by atoms with van der Waals surface area (Å²) in [5.74, 6) is -0.404. The quantitative estimate of drug-likeness (QED) is 0.137. The Kier molecular flexibility index (Phi) is 13.4. The average molecular weight is 514 g/mol. The first-order valence-electron chi connectivity index (χ1n) is 7.94. The molecule has 1 fully saturated rings. The van der Waals surface area contributed by atoms with Gasteiger partial charge in [0, 0.05) is 13.1 Å². The van der Waals surface area contributed by atoms with Crippen molar-refractivity contribution < 1.29 is 33.9 Å². The second-order valence-corrected chi connectivity index (χ2v) is 7.03. The maximum absolute atomic E-state index is 11.2. The van der Waals surface area contributed by atoms with Gasteiger partial charge < -0.3 is 18.2 Å². The third-order valence-electron chi connectivity index (χ3n) is 3.67. The molecule has 1 saturated heterocycles. The molecule has 11 heteroatoms. The van der Waals surface area contributed by atoms with E-state index < -0.39 is 10.9 Å². The molecule has 1 aromatic carbocycles. The molecular weight excluding hydrogens is 489 g/mol. The largest absolute Gasteiger partial charge is 2.00 e. The summed E-state index contributed by atoms with van der Waals surface area (Å²) in [5, 5.41) is 10.6. The number of nitro benzene ring substituents is 1. The van der Waals surface area contributed by atoms with Crippen LogP contribution in [0.3, 0.4) is 0 Å². The van der Waals surface area contributed by atoms with E-state index in [-0.39, 0.29) is 31.7 Å². The van der Waals surface area contributed by atoms with Crippen molar-refractivity contribution in [3.05, 3.63) is 47.1 Å². The summed E-state index contributed by atoms with van der Waals surface area (Å²) in [6.45, 7) is 9.92. The SMILES string of the molecule is CSN1[CH-]N(SC)CC1.[CH-]=Cc1cc([N+](=O)[O-])ccc1N(C)CC(=O)OC.[Ru+2]. The van der Waals surface area contributed by atoms with Gasteiger partial charge in [-0.15, -0.1) is 29.5 Å². The molecule has 0 atom stereocenters. The van der Waals surface area contributed by atoms with E-state index in [2.05, 4.69) is 32.5 Å². The topological polar surface area (TPSA) is 79.2 Å². The molecule has 1 aromatic rings. The molecule has 0 aliphatic carbocycles. The number of nitrogens with zero attached hydrogens (tertiary/aromatic N) is 4. The summed E-state index contributed by atoms with van der Waals surface area (Å²) < 4.78 is 9.01. The van der Waals surface area contributed by atoms with Gasteiger partial charge in [-0.05, 0) is 37.4 Å². The van der Waals surface area contributed by atoms with Crippen LogP contribution in [0.5, 0.6) is 0 Å². The zero-order valence-electron chi connectivity index (χ0n) is 16.2. The van der Waals surface area contributed by atoms with Gasteiger partial charge in [-0.3, -0.25) is 21.5 Å². The zero-order chi connectivity index (χ0) is 20.4. The third kappa shape index (κ3) is 8.49. The number of benzene rings is 1. The summed E-state index contributed by atoms with van der Waals surface area (Å²) in [5.41, 5.74) is 1.05.